The van der Waals surface area contributed by atoms with E-state index < -0.39 is 7.12 Å². The molecular formula is C20H20BBrFN5O4. The van der Waals surface area contributed by atoms with Gasteiger partial charge in [0.2, 0.25) is 0 Å². The average Bonchev–Trinajstić information content (AvgIpc) is 3.40. The summed E-state index contributed by atoms with van der Waals surface area (Å²) in [4.78, 5) is 12.5. The Balaban J connectivity index is 1.31. The van der Waals surface area contributed by atoms with Gasteiger partial charge in [-0.3, -0.25) is 4.79 Å². The van der Waals surface area contributed by atoms with Crippen LogP contribution in [0.5, 0.6) is 0 Å². The van der Waals surface area contributed by atoms with E-state index in [1.165, 1.54) is 6.07 Å². The van der Waals surface area contributed by atoms with Gasteiger partial charge < -0.3 is 25.6 Å². The highest BCUT2D eigenvalue weighted by atomic mass is 79.9. The van der Waals surface area contributed by atoms with Crippen molar-refractivity contribution in [2.75, 3.05) is 23.7 Å². The van der Waals surface area contributed by atoms with E-state index in [0.717, 1.165) is 5.56 Å². The smallest absolute Gasteiger partial charge is 0.423 e. The van der Waals surface area contributed by atoms with Gasteiger partial charge in [-0.2, -0.15) is 0 Å². The Morgan fingerprint density at radius 1 is 1.31 bits per heavy atom. The number of hydrogen-bond acceptors (Lipinski definition) is 8. The van der Waals surface area contributed by atoms with Crippen LogP contribution in [0.15, 0.2) is 45.5 Å². The number of hydrogen-bond donors (Lipinski definition) is 4. The van der Waals surface area contributed by atoms with E-state index in [1.807, 2.05) is 13.0 Å². The summed E-state index contributed by atoms with van der Waals surface area (Å²) in [6.45, 7) is 2.82. The Bertz CT molecular complexity index is 1130. The number of halogens is 2. The van der Waals surface area contributed by atoms with Crippen LogP contribution in [0.4, 0.5) is 15.9 Å². The summed E-state index contributed by atoms with van der Waals surface area (Å²) in [7, 11) is -1.09. The molecule has 9 nitrogen and oxygen atoms in total. The number of fused-ring (bicyclic) bond motifs is 1. The van der Waals surface area contributed by atoms with Crippen LogP contribution in [-0.2, 0) is 11.3 Å². The van der Waals surface area contributed by atoms with Crippen LogP contribution in [0.2, 0.25) is 0 Å². The molecule has 32 heavy (non-hydrogen) atoms. The summed E-state index contributed by atoms with van der Waals surface area (Å²) in [5.41, 5.74) is 2.94. The van der Waals surface area contributed by atoms with E-state index in [9.17, 15) is 14.2 Å². The number of aromatic nitrogens is 2. The quantitative estimate of drug-likeness (QED) is 0.272. The van der Waals surface area contributed by atoms with Crippen molar-refractivity contribution < 1.29 is 23.5 Å². The molecule has 0 saturated heterocycles. The van der Waals surface area contributed by atoms with E-state index in [2.05, 4.69) is 42.2 Å². The highest BCUT2D eigenvalue weighted by molar-refractivity contribution is 9.10. The Hall–Kier alpha value is -2.96. The second-order valence-electron chi connectivity index (χ2n) is 7.22. The van der Waals surface area contributed by atoms with E-state index in [1.54, 1.807) is 24.3 Å². The number of carbonyl (C=O) groups is 1. The molecule has 1 atom stereocenters. The first-order valence-corrected chi connectivity index (χ1v) is 10.7. The lowest BCUT2D eigenvalue weighted by Crippen LogP contribution is -2.38. The first kappa shape index (κ1) is 22.2. The number of carbonyl (C=O) groups excluding carboxylic acids is 1. The third-order valence-corrected chi connectivity index (χ3v) is 5.62. The van der Waals surface area contributed by atoms with E-state index in [-0.39, 0.29) is 24.4 Å². The van der Waals surface area contributed by atoms with Crippen molar-refractivity contribution in [1.29, 1.82) is 0 Å². The molecule has 1 aliphatic heterocycles. The van der Waals surface area contributed by atoms with Crippen LogP contribution < -0.4 is 21.4 Å². The Morgan fingerprint density at radius 3 is 2.97 bits per heavy atom. The molecule has 0 fully saturated rings. The van der Waals surface area contributed by atoms with E-state index >= 15 is 0 Å². The number of amides is 1. The minimum Gasteiger partial charge on any atom is -0.423 e. The van der Waals surface area contributed by atoms with Gasteiger partial charge >= 0.3 is 7.12 Å². The van der Waals surface area contributed by atoms with Crippen molar-refractivity contribution in [2.45, 2.75) is 19.6 Å². The molecule has 1 aromatic heterocycles. The van der Waals surface area contributed by atoms with Gasteiger partial charge in [0, 0.05) is 29.8 Å². The molecule has 4 rings (SSSR count). The fraction of sp³-hybridized carbons (Fsp3) is 0.250. The number of rotatable bonds is 8. The predicted molar refractivity (Wildman–Crippen MR) is 120 cm³/mol. The lowest BCUT2D eigenvalue weighted by molar-refractivity contribution is 0.0956. The molecule has 1 amide bonds. The number of anilines is 2. The molecule has 2 heterocycles. The average molecular weight is 504 g/mol. The van der Waals surface area contributed by atoms with Crippen LogP contribution in [0.3, 0.4) is 0 Å². The molecule has 4 N–H and O–H groups in total. The first-order chi connectivity index (χ1) is 15.4. The van der Waals surface area contributed by atoms with Crippen LogP contribution >= 0.6 is 15.9 Å². The lowest BCUT2D eigenvalue weighted by Gasteiger charge is -2.14. The molecule has 1 unspecified atom stereocenters. The van der Waals surface area contributed by atoms with Crippen LogP contribution in [0.1, 0.15) is 34.6 Å². The van der Waals surface area contributed by atoms with Gasteiger partial charge in [0.1, 0.15) is 5.82 Å². The molecule has 12 heteroatoms. The molecule has 0 aliphatic carbocycles. The maximum atomic E-state index is 13.4. The molecule has 0 bridgehead atoms. The van der Waals surface area contributed by atoms with Gasteiger partial charge in [0.25, 0.3) is 5.91 Å². The summed E-state index contributed by atoms with van der Waals surface area (Å²) in [5, 5.41) is 26.9. The predicted octanol–water partition coefficient (Wildman–Crippen LogP) is 2.20. The zero-order chi connectivity index (χ0) is 22.7. The number of nitrogens with zero attached hydrogens (tertiary/aromatic N) is 2. The summed E-state index contributed by atoms with van der Waals surface area (Å²) in [5.74, 6) is -0.216. The van der Waals surface area contributed by atoms with Gasteiger partial charge in [-0.05, 0) is 57.8 Å². The molecule has 0 radical (unpaired) electrons. The summed E-state index contributed by atoms with van der Waals surface area (Å²) < 4.78 is 23.8. The fourth-order valence-corrected chi connectivity index (χ4v) is 3.82. The van der Waals surface area contributed by atoms with Gasteiger partial charge in [0.05, 0.1) is 17.1 Å². The standard InChI is InChI=1S/C20H20BBrFN5O4/c1-11(26-13-5-6-16(23)15(22)9-13)18-19(28-32-27-18)24-7-8-25-20(29)14-4-2-3-12-10-31-21(30)17(12)14/h2-6,9,11,26,30H,7-8,10H2,1H3,(H,24,28)(H,25,29). The maximum Gasteiger partial charge on any atom is 0.492 e. The summed E-state index contributed by atoms with van der Waals surface area (Å²) in [6.07, 6.45) is 0. The lowest BCUT2D eigenvalue weighted by atomic mass is 9.76. The largest absolute Gasteiger partial charge is 0.492 e. The van der Waals surface area contributed by atoms with Crippen molar-refractivity contribution >= 4 is 45.9 Å². The van der Waals surface area contributed by atoms with Gasteiger partial charge in [-0.15, -0.1) is 0 Å². The highest BCUT2D eigenvalue weighted by Crippen LogP contribution is 2.26. The highest BCUT2D eigenvalue weighted by Gasteiger charge is 2.31. The maximum absolute atomic E-state index is 13.4. The molecule has 1 aliphatic rings. The zero-order valence-corrected chi connectivity index (χ0v) is 18.6. The Morgan fingerprint density at radius 2 is 2.16 bits per heavy atom. The van der Waals surface area contributed by atoms with Crippen molar-refractivity contribution in [3.8, 4) is 0 Å². The minimum atomic E-state index is -1.09. The second kappa shape index (κ2) is 9.68. The molecular weight excluding hydrogens is 484 g/mol. The molecule has 166 valence electrons. The Kier molecular flexibility index (Phi) is 6.73. The first-order valence-electron chi connectivity index (χ1n) is 9.91. The molecule has 3 aromatic rings. The Labute approximate surface area is 192 Å². The third-order valence-electron chi connectivity index (χ3n) is 5.01. The van der Waals surface area contributed by atoms with Crippen LogP contribution in [0.25, 0.3) is 0 Å². The van der Waals surface area contributed by atoms with Crippen molar-refractivity contribution in [2.24, 2.45) is 0 Å². The third kappa shape index (κ3) is 4.77. The molecule has 0 spiro atoms. The monoisotopic (exact) mass is 503 g/mol. The fourth-order valence-electron chi connectivity index (χ4n) is 3.44. The van der Waals surface area contributed by atoms with Crippen LogP contribution in [-0.4, -0.2) is 41.5 Å². The van der Waals surface area contributed by atoms with E-state index in [4.69, 9.17) is 9.28 Å². The topological polar surface area (TPSA) is 122 Å². The van der Waals surface area contributed by atoms with Gasteiger partial charge in [-0.25, -0.2) is 9.02 Å². The SMILES string of the molecule is CC(Nc1ccc(F)c(Br)c1)c1nonc1NCCNC(=O)c1cccc2c1B(O)OC2. The second-order valence-corrected chi connectivity index (χ2v) is 8.07. The summed E-state index contributed by atoms with van der Waals surface area (Å²) in [6, 6.07) is 9.57. The van der Waals surface area contributed by atoms with Gasteiger partial charge in [0.15, 0.2) is 11.5 Å². The van der Waals surface area contributed by atoms with Crippen molar-refractivity contribution in [3.05, 3.63) is 63.5 Å². The van der Waals surface area contributed by atoms with Crippen molar-refractivity contribution in [1.82, 2.24) is 15.6 Å². The minimum absolute atomic E-state index is 0.274. The van der Waals surface area contributed by atoms with Crippen LogP contribution in [0, 0.1) is 5.82 Å². The molecule has 0 saturated carbocycles. The van der Waals surface area contributed by atoms with Crippen molar-refractivity contribution in [3.63, 3.8) is 0 Å². The summed E-state index contributed by atoms with van der Waals surface area (Å²) >= 11 is 3.16. The van der Waals surface area contributed by atoms with E-state index in [0.29, 0.717) is 45.8 Å². The molecule has 2 aromatic carbocycles. The van der Waals surface area contributed by atoms with Gasteiger partial charge in [-0.1, -0.05) is 17.3 Å². The number of nitrogens with one attached hydrogen (secondary N) is 3. The normalized spacial score (nSPS) is 13.6. The zero-order valence-electron chi connectivity index (χ0n) is 17.1. The number of benzene rings is 2.